The zero-order valence-electron chi connectivity index (χ0n) is 15.1. The van der Waals surface area contributed by atoms with Gasteiger partial charge in [0.2, 0.25) is 0 Å². The third-order valence-electron chi connectivity index (χ3n) is 3.60. The number of guanidine groups is 1. The molecule has 0 saturated carbocycles. The van der Waals surface area contributed by atoms with Crippen molar-refractivity contribution in [3.63, 3.8) is 0 Å². The summed E-state index contributed by atoms with van der Waals surface area (Å²) in [6, 6.07) is 6.72. The third kappa shape index (κ3) is 6.32. The Bertz CT molecular complexity index is 656. The summed E-state index contributed by atoms with van der Waals surface area (Å²) in [5.74, 6) is 0.884. The van der Waals surface area contributed by atoms with E-state index in [1.807, 2.05) is 6.20 Å². The predicted octanol–water partition coefficient (Wildman–Crippen LogP) is 3.41. The highest BCUT2D eigenvalue weighted by molar-refractivity contribution is 7.11. The molecule has 0 unspecified atom stereocenters. The van der Waals surface area contributed by atoms with E-state index in [2.05, 4.69) is 66.5 Å². The largest absolute Gasteiger partial charge is 0.357 e. The second kappa shape index (κ2) is 9.42. The van der Waals surface area contributed by atoms with Crippen molar-refractivity contribution in [2.24, 2.45) is 4.99 Å². The van der Waals surface area contributed by atoms with Gasteiger partial charge in [-0.3, -0.25) is 4.99 Å². The van der Waals surface area contributed by atoms with Crippen molar-refractivity contribution in [2.45, 2.75) is 40.5 Å². The van der Waals surface area contributed by atoms with Crippen LogP contribution in [0, 0.1) is 20.8 Å². The lowest BCUT2D eigenvalue weighted by Gasteiger charge is -2.11. The zero-order valence-corrected chi connectivity index (χ0v) is 16.0. The molecule has 0 saturated heterocycles. The molecule has 2 aromatic rings. The highest BCUT2D eigenvalue weighted by atomic mass is 32.1. The lowest BCUT2D eigenvalue weighted by atomic mass is 10.1. The summed E-state index contributed by atoms with van der Waals surface area (Å²) in [5, 5.41) is 7.88. The van der Waals surface area contributed by atoms with Gasteiger partial charge in [0, 0.05) is 37.1 Å². The minimum absolute atomic E-state index is 0.756. The van der Waals surface area contributed by atoms with Crippen molar-refractivity contribution in [3.8, 4) is 0 Å². The summed E-state index contributed by atoms with van der Waals surface area (Å²) >= 11 is 1.75. The summed E-state index contributed by atoms with van der Waals surface area (Å²) in [5.41, 5.74) is 4.02. The number of aryl methyl sites for hydroxylation is 3. The van der Waals surface area contributed by atoms with E-state index < -0.39 is 0 Å². The number of thiazole rings is 1. The molecular formula is C19H28N4S. The van der Waals surface area contributed by atoms with Gasteiger partial charge >= 0.3 is 0 Å². The molecule has 24 heavy (non-hydrogen) atoms. The van der Waals surface area contributed by atoms with E-state index in [0.717, 1.165) is 43.4 Å². The van der Waals surface area contributed by atoms with E-state index >= 15 is 0 Å². The molecule has 2 N–H and O–H groups in total. The third-order valence-corrected chi connectivity index (χ3v) is 4.57. The molecule has 1 aromatic heterocycles. The Kier molecular flexibility index (Phi) is 7.25. The highest BCUT2D eigenvalue weighted by Gasteiger charge is 2.01. The smallest absolute Gasteiger partial charge is 0.191 e. The average Bonchev–Trinajstić information content (AvgIpc) is 2.92. The van der Waals surface area contributed by atoms with E-state index in [-0.39, 0.29) is 0 Å². The lowest BCUT2D eigenvalue weighted by Crippen LogP contribution is -2.38. The van der Waals surface area contributed by atoms with Gasteiger partial charge < -0.3 is 10.6 Å². The maximum atomic E-state index is 4.65. The van der Waals surface area contributed by atoms with Crippen LogP contribution in [0.1, 0.15) is 33.5 Å². The van der Waals surface area contributed by atoms with Crippen LogP contribution in [0.5, 0.6) is 0 Å². The van der Waals surface area contributed by atoms with Gasteiger partial charge in [-0.2, -0.15) is 0 Å². The Morgan fingerprint density at radius 2 is 1.83 bits per heavy atom. The van der Waals surface area contributed by atoms with Crippen LogP contribution in [0.4, 0.5) is 0 Å². The first-order chi connectivity index (χ1) is 11.6. The summed E-state index contributed by atoms with van der Waals surface area (Å²) < 4.78 is 0. The Balaban J connectivity index is 1.82. The highest BCUT2D eigenvalue weighted by Crippen LogP contribution is 2.11. The standard InChI is InChI=1S/C19H28N4S/c1-5-20-19(22-9-7-18-23-13-16(4)24-18)21-8-6-17-11-14(2)10-15(3)12-17/h10-13H,5-9H2,1-4H3,(H2,20,21,22). The van der Waals surface area contributed by atoms with E-state index in [9.17, 15) is 0 Å². The summed E-state index contributed by atoms with van der Waals surface area (Å²) in [6.07, 6.45) is 3.82. The van der Waals surface area contributed by atoms with E-state index in [0.29, 0.717) is 0 Å². The van der Waals surface area contributed by atoms with Crippen molar-refractivity contribution >= 4 is 17.3 Å². The van der Waals surface area contributed by atoms with Crippen LogP contribution in [0.2, 0.25) is 0 Å². The molecule has 4 nitrogen and oxygen atoms in total. The molecule has 0 radical (unpaired) electrons. The van der Waals surface area contributed by atoms with E-state index in [1.54, 1.807) is 11.3 Å². The van der Waals surface area contributed by atoms with Crippen molar-refractivity contribution < 1.29 is 0 Å². The fourth-order valence-electron chi connectivity index (χ4n) is 2.66. The Hall–Kier alpha value is -1.88. The number of aliphatic imine (C=N–C) groups is 1. The maximum absolute atomic E-state index is 4.65. The van der Waals surface area contributed by atoms with Crippen molar-refractivity contribution in [1.82, 2.24) is 15.6 Å². The topological polar surface area (TPSA) is 49.3 Å². The van der Waals surface area contributed by atoms with Crippen LogP contribution < -0.4 is 10.6 Å². The molecule has 0 fully saturated rings. The quantitative estimate of drug-likeness (QED) is 0.598. The second-order valence-corrected chi connectivity index (χ2v) is 7.37. The zero-order chi connectivity index (χ0) is 17.4. The summed E-state index contributed by atoms with van der Waals surface area (Å²) in [7, 11) is 0. The number of hydrogen-bond acceptors (Lipinski definition) is 3. The maximum Gasteiger partial charge on any atom is 0.191 e. The van der Waals surface area contributed by atoms with Crippen LogP contribution in [-0.2, 0) is 12.8 Å². The number of nitrogens with one attached hydrogen (secondary N) is 2. The Morgan fingerprint density at radius 3 is 2.46 bits per heavy atom. The Morgan fingerprint density at radius 1 is 1.08 bits per heavy atom. The van der Waals surface area contributed by atoms with Crippen molar-refractivity contribution in [3.05, 3.63) is 51.0 Å². The molecule has 1 aromatic carbocycles. The fourth-order valence-corrected chi connectivity index (χ4v) is 3.44. The monoisotopic (exact) mass is 344 g/mol. The molecule has 0 aliphatic carbocycles. The fraction of sp³-hybridized carbons (Fsp3) is 0.474. The predicted molar refractivity (Wildman–Crippen MR) is 104 cm³/mol. The van der Waals surface area contributed by atoms with Crippen LogP contribution >= 0.6 is 11.3 Å². The molecule has 5 heteroatoms. The van der Waals surface area contributed by atoms with Gasteiger partial charge in [0.1, 0.15) is 0 Å². The first-order valence-electron chi connectivity index (χ1n) is 8.57. The van der Waals surface area contributed by atoms with E-state index in [1.165, 1.54) is 21.6 Å². The van der Waals surface area contributed by atoms with Crippen LogP contribution in [0.15, 0.2) is 29.4 Å². The number of rotatable bonds is 7. The van der Waals surface area contributed by atoms with Gasteiger partial charge in [-0.1, -0.05) is 29.3 Å². The number of aromatic nitrogens is 1. The summed E-state index contributed by atoms with van der Waals surface area (Å²) in [4.78, 5) is 10.3. The first kappa shape index (κ1) is 18.5. The minimum atomic E-state index is 0.756. The molecular weight excluding hydrogens is 316 g/mol. The van der Waals surface area contributed by atoms with Crippen LogP contribution in [0.3, 0.4) is 0 Å². The Labute approximate surface area is 149 Å². The molecule has 0 aliphatic heterocycles. The molecule has 0 aliphatic rings. The summed E-state index contributed by atoms with van der Waals surface area (Å²) in [6.45, 7) is 11.0. The van der Waals surface area contributed by atoms with Crippen LogP contribution in [0.25, 0.3) is 0 Å². The van der Waals surface area contributed by atoms with E-state index in [4.69, 9.17) is 0 Å². The lowest BCUT2D eigenvalue weighted by molar-refractivity contribution is 0.795. The minimum Gasteiger partial charge on any atom is -0.357 e. The molecule has 2 rings (SSSR count). The van der Waals surface area contributed by atoms with Crippen molar-refractivity contribution in [1.29, 1.82) is 0 Å². The molecule has 0 atom stereocenters. The van der Waals surface area contributed by atoms with Crippen LogP contribution in [-0.4, -0.2) is 30.6 Å². The van der Waals surface area contributed by atoms with Gasteiger partial charge in [0.15, 0.2) is 5.96 Å². The first-order valence-corrected chi connectivity index (χ1v) is 9.39. The number of benzene rings is 1. The van der Waals surface area contributed by atoms with Gasteiger partial charge in [0.25, 0.3) is 0 Å². The van der Waals surface area contributed by atoms with Gasteiger partial charge in [0.05, 0.1) is 5.01 Å². The normalized spacial score (nSPS) is 11.6. The molecule has 0 amide bonds. The molecule has 130 valence electrons. The number of nitrogens with zero attached hydrogens (tertiary/aromatic N) is 2. The molecule has 0 bridgehead atoms. The SMILES string of the molecule is CCNC(=NCCc1ncc(C)s1)NCCc1cc(C)cc(C)c1. The number of hydrogen-bond donors (Lipinski definition) is 2. The van der Waals surface area contributed by atoms with Gasteiger partial charge in [-0.05, 0) is 39.7 Å². The molecule has 1 heterocycles. The second-order valence-electron chi connectivity index (χ2n) is 6.05. The van der Waals surface area contributed by atoms with Gasteiger partial charge in [-0.25, -0.2) is 4.98 Å². The van der Waals surface area contributed by atoms with Gasteiger partial charge in [-0.15, -0.1) is 11.3 Å². The van der Waals surface area contributed by atoms with Crippen molar-refractivity contribution in [2.75, 3.05) is 19.6 Å². The average molecular weight is 345 g/mol. The molecule has 0 spiro atoms.